The Balaban J connectivity index is 1.71. The number of benzene rings is 2. The Morgan fingerprint density at radius 1 is 1.18 bits per heavy atom. The van der Waals surface area contributed by atoms with Crippen LogP contribution in [0, 0.1) is 0 Å². The van der Waals surface area contributed by atoms with Gasteiger partial charge in [-0.3, -0.25) is 0 Å². The Kier molecular flexibility index (Phi) is 9.19. The Morgan fingerprint density at radius 2 is 1.97 bits per heavy atom. The zero-order chi connectivity index (χ0) is 24.8. The van der Waals surface area contributed by atoms with Crippen LogP contribution in [0.2, 0.25) is 0 Å². The van der Waals surface area contributed by atoms with Gasteiger partial charge >= 0.3 is 0 Å². The summed E-state index contributed by atoms with van der Waals surface area (Å²) in [5, 5.41) is 19.9. The highest BCUT2D eigenvalue weighted by Gasteiger charge is 2.36. The fourth-order valence-corrected chi connectivity index (χ4v) is 4.71. The molecule has 2 atom stereocenters. The van der Waals surface area contributed by atoms with Crippen molar-refractivity contribution in [2.75, 3.05) is 13.2 Å². The van der Waals surface area contributed by atoms with Crippen molar-refractivity contribution < 1.29 is 24.4 Å². The number of aliphatic hydroxyl groups is 1. The van der Waals surface area contributed by atoms with Gasteiger partial charge in [0.25, 0.3) is 0 Å². The molecule has 34 heavy (non-hydrogen) atoms. The number of phenols is 1. The number of phenolic OH excluding ortho intramolecular Hbond substituents is 1. The summed E-state index contributed by atoms with van der Waals surface area (Å²) in [4.78, 5) is 0.666. The highest BCUT2D eigenvalue weighted by Crippen LogP contribution is 2.38. The second-order valence-corrected chi connectivity index (χ2v) is 10.8. The molecule has 0 radical (unpaired) electrons. The predicted octanol–water partition coefficient (Wildman–Crippen LogP) is 6.43. The van der Waals surface area contributed by atoms with Crippen LogP contribution in [0.5, 0.6) is 17.2 Å². The lowest BCUT2D eigenvalue weighted by atomic mass is 9.79. The minimum absolute atomic E-state index is 0.0219. The van der Waals surface area contributed by atoms with E-state index in [0.29, 0.717) is 23.0 Å². The monoisotopic (exact) mass is 488 g/mol. The molecule has 1 fully saturated rings. The number of unbranched alkanes of at least 4 members (excludes halogenated alkanes) is 2. The molecular formula is C28H40O5S. The van der Waals surface area contributed by atoms with Crippen LogP contribution in [0.3, 0.4) is 0 Å². The minimum Gasteiger partial charge on any atom is -0.508 e. The van der Waals surface area contributed by atoms with Crippen LogP contribution in [0.4, 0.5) is 0 Å². The topological polar surface area (TPSA) is 68.2 Å². The van der Waals surface area contributed by atoms with Crippen LogP contribution in [0.15, 0.2) is 41.3 Å². The van der Waals surface area contributed by atoms with E-state index in [2.05, 4.69) is 33.4 Å². The molecule has 1 aliphatic heterocycles. The number of hydrogen-bond acceptors (Lipinski definition) is 6. The first kappa shape index (κ1) is 26.7. The fourth-order valence-electron chi connectivity index (χ4n) is 4.45. The average Bonchev–Trinajstić information content (AvgIpc) is 3.19. The van der Waals surface area contributed by atoms with E-state index >= 15 is 0 Å². The van der Waals surface area contributed by atoms with Gasteiger partial charge in [-0.15, -0.1) is 12.6 Å². The zero-order valence-electron chi connectivity index (χ0n) is 21.0. The number of rotatable bonds is 12. The standard InChI is InChI=1S/C28H40O5S/c1-5-6-7-14-27(2,3)21-11-12-23(30)20(16-21)18-31-26-24(9-8-10-25(26)34)32-19-28(4)15-13-22(17-29)33-28/h8-12,16,22,29-30,34H,5-7,13-15,17-19H2,1-4H3. The molecule has 2 unspecified atom stereocenters. The summed E-state index contributed by atoms with van der Waals surface area (Å²) in [5.41, 5.74) is 1.50. The van der Waals surface area contributed by atoms with E-state index in [1.807, 2.05) is 37.3 Å². The summed E-state index contributed by atoms with van der Waals surface area (Å²) in [5.74, 6) is 1.34. The number of hydrogen-bond donors (Lipinski definition) is 3. The number of ether oxygens (including phenoxy) is 3. The molecule has 5 nitrogen and oxygen atoms in total. The summed E-state index contributed by atoms with van der Waals surface area (Å²) in [7, 11) is 0. The van der Waals surface area contributed by atoms with E-state index in [4.69, 9.17) is 14.2 Å². The molecule has 0 saturated carbocycles. The smallest absolute Gasteiger partial charge is 0.174 e. The Labute approximate surface area is 209 Å². The molecular weight excluding hydrogens is 448 g/mol. The quantitative estimate of drug-likeness (QED) is 0.237. The molecule has 0 amide bonds. The summed E-state index contributed by atoms with van der Waals surface area (Å²) in [6.07, 6.45) is 6.21. The van der Waals surface area contributed by atoms with Crippen molar-refractivity contribution in [1.29, 1.82) is 0 Å². The van der Waals surface area contributed by atoms with Gasteiger partial charge in [0.15, 0.2) is 11.5 Å². The molecule has 1 saturated heterocycles. The SMILES string of the molecule is CCCCCC(C)(C)c1ccc(O)c(COc2c(S)cccc2OCC2(C)CCC(CO)O2)c1. The van der Waals surface area contributed by atoms with Crippen molar-refractivity contribution in [2.45, 2.75) is 94.8 Å². The molecule has 0 aliphatic carbocycles. The van der Waals surface area contributed by atoms with Crippen LogP contribution in [0.25, 0.3) is 0 Å². The van der Waals surface area contributed by atoms with Crippen molar-refractivity contribution in [3.63, 3.8) is 0 Å². The predicted molar refractivity (Wildman–Crippen MR) is 138 cm³/mol. The molecule has 0 bridgehead atoms. The molecule has 3 rings (SSSR count). The molecule has 1 aliphatic rings. The van der Waals surface area contributed by atoms with Crippen LogP contribution < -0.4 is 9.47 Å². The van der Waals surface area contributed by atoms with E-state index in [9.17, 15) is 10.2 Å². The molecule has 0 spiro atoms. The van der Waals surface area contributed by atoms with Crippen LogP contribution >= 0.6 is 12.6 Å². The molecule has 2 N–H and O–H groups in total. The van der Waals surface area contributed by atoms with Gasteiger partial charge in [0, 0.05) is 5.56 Å². The van der Waals surface area contributed by atoms with Crippen LogP contribution in [-0.2, 0) is 16.8 Å². The molecule has 2 aromatic rings. The number of aromatic hydroxyl groups is 1. The van der Waals surface area contributed by atoms with Crippen LogP contribution in [-0.4, -0.2) is 35.1 Å². The first-order valence-corrected chi connectivity index (χ1v) is 12.8. The second-order valence-electron chi connectivity index (χ2n) is 10.3. The second kappa shape index (κ2) is 11.7. The molecule has 188 valence electrons. The van der Waals surface area contributed by atoms with Gasteiger partial charge in [-0.1, -0.05) is 52.2 Å². The van der Waals surface area contributed by atoms with Gasteiger partial charge < -0.3 is 24.4 Å². The maximum absolute atomic E-state index is 10.5. The summed E-state index contributed by atoms with van der Waals surface area (Å²) >= 11 is 4.57. The van der Waals surface area contributed by atoms with E-state index in [1.54, 1.807) is 6.07 Å². The van der Waals surface area contributed by atoms with E-state index in [1.165, 1.54) is 24.8 Å². The highest BCUT2D eigenvalue weighted by molar-refractivity contribution is 7.80. The lowest BCUT2D eigenvalue weighted by Gasteiger charge is -2.26. The Hall–Kier alpha value is -1.89. The number of para-hydroxylation sites is 1. The minimum atomic E-state index is -0.451. The van der Waals surface area contributed by atoms with E-state index in [0.717, 1.165) is 24.8 Å². The lowest BCUT2D eigenvalue weighted by molar-refractivity contribution is -0.0697. The lowest BCUT2D eigenvalue weighted by Crippen LogP contribution is -2.33. The summed E-state index contributed by atoms with van der Waals surface area (Å²) < 4.78 is 18.2. The molecule has 0 aromatic heterocycles. The van der Waals surface area contributed by atoms with Crippen molar-refractivity contribution in [3.05, 3.63) is 47.5 Å². The molecule has 2 aromatic carbocycles. The third-order valence-electron chi connectivity index (χ3n) is 6.78. The van der Waals surface area contributed by atoms with Gasteiger partial charge in [-0.25, -0.2) is 0 Å². The van der Waals surface area contributed by atoms with Crippen molar-refractivity contribution in [1.82, 2.24) is 0 Å². The summed E-state index contributed by atoms with van der Waals surface area (Å²) in [6, 6.07) is 11.4. The van der Waals surface area contributed by atoms with Crippen molar-refractivity contribution in [2.24, 2.45) is 0 Å². The largest absolute Gasteiger partial charge is 0.508 e. The first-order chi connectivity index (χ1) is 16.2. The number of aliphatic hydroxyl groups excluding tert-OH is 1. The average molecular weight is 489 g/mol. The Bertz CT molecular complexity index is 944. The zero-order valence-corrected chi connectivity index (χ0v) is 21.9. The van der Waals surface area contributed by atoms with Crippen LogP contribution in [0.1, 0.15) is 77.3 Å². The van der Waals surface area contributed by atoms with E-state index < -0.39 is 5.60 Å². The van der Waals surface area contributed by atoms with E-state index in [-0.39, 0.29) is 30.5 Å². The molecule has 6 heteroatoms. The van der Waals surface area contributed by atoms with Gasteiger partial charge in [0.05, 0.1) is 23.2 Å². The van der Waals surface area contributed by atoms with Gasteiger partial charge in [0.1, 0.15) is 19.0 Å². The van der Waals surface area contributed by atoms with Gasteiger partial charge in [0.2, 0.25) is 0 Å². The van der Waals surface area contributed by atoms with Gasteiger partial charge in [-0.05, 0) is 61.4 Å². The normalized spacial score (nSPS) is 20.5. The summed E-state index contributed by atoms with van der Waals surface area (Å²) in [6.45, 7) is 9.30. The first-order valence-electron chi connectivity index (χ1n) is 12.4. The molecule has 1 heterocycles. The number of thiol groups is 1. The third kappa shape index (κ3) is 6.83. The van der Waals surface area contributed by atoms with Crippen molar-refractivity contribution in [3.8, 4) is 17.2 Å². The fraction of sp³-hybridized carbons (Fsp3) is 0.571. The van der Waals surface area contributed by atoms with Gasteiger partial charge in [-0.2, -0.15) is 0 Å². The maximum Gasteiger partial charge on any atom is 0.174 e. The maximum atomic E-state index is 10.5. The third-order valence-corrected chi connectivity index (χ3v) is 7.13. The Morgan fingerprint density at radius 3 is 2.68 bits per heavy atom. The van der Waals surface area contributed by atoms with Crippen molar-refractivity contribution >= 4 is 12.6 Å². The highest BCUT2D eigenvalue weighted by atomic mass is 32.1.